The van der Waals surface area contributed by atoms with Crippen LogP contribution < -0.4 is 4.74 Å². The zero-order chi connectivity index (χ0) is 17.7. The van der Waals surface area contributed by atoms with Crippen molar-refractivity contribution >= 4 is 46.7 Å². The van der Waals surface area contributed by atoms with Gasteiger partial charge in [0.1, 0.15) is 5.75 Å². The molecule has 1 heterocycles. The highest BCUT2D eigenvalue weighted by Crippen LogP contribution is 2.33. The van der Waals surface area contributed by atoms with Gasteiger partial charge in [-0.15, -0.1) is 0 Å². The summed E-state index contributed by atoms with van der Waals surface area (Å²) in [6.07, 6.45) is 2.08. The number of benzene rings is 1. The quantitative estimate of drug-likeness (QED) is 0.562. The zero-order valence-corrected chi connectivity index (χ0v) is 15.5. The van der Waals surface area contributed by atoms with E-state index in [2.05, 4.69) is 6.92 Å². The highest BCUT2D eigenvalue weighted by atomic mass is 35.5. The number of carbonyl (C=O) groups is 2. The van der Waals surface area contributed by atoms with E-state index in [-0.39, 0.29) is 39.9 Å². The van der Waals surface area contributed by atoms with Crippen molar-refractivity contribution < 1.29 is 19.1 Å². The van der Waals surface area contributed by atoms with Gasteiger partial charge in [-0.25, -0.2) is 4.79 Å². The van der Waals surface area contributed by atoms with Crippen LogP contribution in [-0.2, 0) is 14.3 Å². The summed E-state index contributed by atoms with van der Waals surface area (Å²) in [5, 5.41) is 0.785. The summed E-state index contributed by atoms with van der Waals surface area (Å²) < 4.78 is 10.2. The Balaban J connectivity index is 1.77. The molecule has 0 radical (unpaired) electrons. The molecule has 24 heavy (non-hydrogen) atoms. The number of ether oxygens (including phenoxy) is 2. The number of piperidine rings is 1. The monoisotopic (exact) mass is 393 g/mol. The van der Waals surface area contributed by atoms with Crippen LogP contribution in [0, 0.1) is 5.92 Å². The zero-order valence-electron chi connectivity index (χ0n) is 13.2. The van der Waals surface area contributed by atoms with Gasteiger partial charge in [0.2, 0.25) is 0 Å². The first-order valence-corrected chi connectivity index (χ1v) is 8.71. The second-order valence-electron chi connectivity index (χ2n) is 5.73. The highest BCUT2D eigenvalue weighted by molar-refractivity contribution is 6.43. The Bertz CT molecular complexity index is 624. The second kappa shape index (κ2) is 8.79. The number of amides is 1. The molecule has 0 N–H and O–H groups in total. The lowest BCUT2D eigenvalue weighted by Crippen LogP contribution is -2.41. The fraction of sp³-hybridized carbons (Fsp3) is 0.500. The van der Waals surface area contributed by atoms with Crippen molar-refractivity contribution in [2.75, 3.05) is 26.3 Å². The van der Waals surface area contributed by atoms with Crippen molar-refractivity contribution in [1.29, 1.82) is 0 Å². The predicted molar refractivity (Wildman–Crippen MR) is 92.9 cm³/mol. The van der Waals surface area contributed by atoms with Crippen molar-refractivity contribution in [2.45, 2.75) is 19.8 Å². The topological polar surface area (TPSA) is 55.8 Å². The molecule has 1 saturated heterocycles. The van der Waals surface area contributed by atoms with E-state index in [1.54, 1.807) is 4.90 Å². The Kier molecular flexibility index (Phi) is 7.02. The van der Waals surface area contributed by atoms with Gasteiger partial charge in [0.05, 0.1) is 15.1 Å². The molecule has 0 saturated carbocycles. The van der Waals surface area contributed by atoms with Gasteiger partial charge in [-0.05, 0) is 24.8 Å². The lowest BCUT2D eigenvalue weighted by atomic mass is 10.0. The van der Waals surface area contributed by atoms with Crippen molar-refractivity contribution in [3.8, 4) is 5.75 Å². The minimum absolute atomic E-state index is 0.192. The fourth-order valence-electron chi connectivity index (χ4n) is 2.44. The van der Waals surface area contributed by atoms with Crippen LogP contribution in [-0.4, -0.2) is 43.1 Å². The number of halogens is 3. The van der Waals surface area contributed by atoms with Crippen LogP contribution in [0.1, 0.15) is 19.8 Å². The summed E-state index contributed by atoms with van der Waals surface area (Å²) in [5.74, 6) is -0.157. The molecule has 1 unspecified atom stereocenters. The Labute approximate surface area is 155 Å². The van der Waals surface area contributed by atoms with Crippen LogP contribution in [0.4, 0.5) is 0 Å². The van der Waals surface area contributed by atoms with Gasteiger partial charge in [0, 0.05) is 19.2 Å². The molecule has 1 aromatic carbocycles. The number of carbonyl (C=O) groups excluding carboxylic acids is 2. The normalized spacial score (nSPS) is 17.5. The van der Waals surface area contributed by atoms with E-state index in [9.17, 15) is 9.59 Å². The molecular weight excluding hydrogens is 377 g/mol. The van der Waals surface area contributed by atoms with Crippen LogP contribution in [0.5, 0.6) is 5.75 Å². The minimum Gasteiger partial charge on any atom is -0.480 e. The third-order valence-corrected chi connectivity index (χ3v) is 4.70. The summed E-state index contributed by atoms with van der Waals surface area (Å²) in [7, 11) is 0. The van der Waals surface area contributed by atoms with E-state index >= 15 is 0 Å². The highest BCUT2D eigenvalue weighted by Gasteiger charge is 2.22. The SMILES string of the molecule is CC1CCCN(C(=O)COC(=O)COc2cc(Cl)c(Cl)cc2Cl)C1. The Morgan fingerprint density at radius 2 is 1.88 bits per heavy atom. The van der Waals surface area contributed by atoms with E-state index in [1.807, 2.05) is 0 Å². The van der Waals surface area contributed by atoms with E-state index in [0.29, 0.717) is 19.0 Å². The van der Waals surface area contributed by atoms with E-state index in [1.165, 1.54) is 12.1 Å². The molecule has 8 heteroatoms. The molecule has 0 aliphatic carbocycles. The number of rotatable bonds is 5. The molecule has 0 spiro atoms. The number of hydrogen-bond acceptors (Lipinski definition) is 4. The van der Waals surface area contributed by atoms with Crippen LogP contribution in [0.15, 0.2) is 12.1 Å². The van der Waals surface area contributed by atoms with Crippen molar-refractivity contribution in [1.82, 2.24) is 4.90 Å². The number of esters is 1. The molecule has 1 aromatic rings. The lowest BCUT2D eigenvalue weighted by molar-refractivity contribution is -0.154. The third kappa shape index (κ3) is 5.43. The molecule has 1 aliphatic heterocycles. The molecule has 132 valence electrons. The first-order chi connectivity index (χ1) is 11.4. The van der Waals surface area contributed by atoms with E-state index in [4.69, 9.17) is 44.3 Å². The third-order valence-electron chi connectivity index (χ3n) is 3.69. The van der Waals surface area contributed by atoms with E-state index < -0.39 is 5.97 Å². The number of likely N-dealkylation sites (tertiary alicyclic amines) is 1. The molecule has 0 aromatic heterocycles. The Morgan fingerprint density at radius 1 is 1.17 bits per heavy atom. The fourth-order valence-corrected chi connectivity index (χ4v) is 3.03. The Hall–Kier alpha value is -1.17. The van der Waals surface area contributed by atoms with Gasteiger partial charge >= 0.3 is 5.97 Å². The smallest absolute Gasteiger partial charge is 0.344 e. The molecule has 0 bridgehead atoms. The van der Waals surface area contributed by atoms with Gasteiger partial charge in [0.15, 0.2) is 13.2 Å². The van der Waals surface area contributed by atoms with E-state index in [0.717, 1.165) is 12.8 Å². The number of hydrogen-bond donors (Lipinski definition) is 0. The maximum absolute atomic E-state index is 12.0. The van der Waals surface area contributed by atoms with Crippen molar-refractivity contribution in [2.24, 2.45) is 5.92 Å². The summed E-state index contributed by atoms with van der Waals surface area (Å²) in [6.45, 7) is 2.84. The molecule has 2 rings (SSSR count). The summed E-state index contributed by atoms with van der Waals surface area (Å²) in [6, 6.07) is 2.84. The van der Waals surface area contributed by atoms with Crippen LogP contribution in [0.2, 0.25) is 15.1 Å². The summed E-state index contributed by atoms with van der Waals surface area (Å²) in [4.78, 5) is 25.4. The Morgan fingerprint density at radius 3 is 2.58 bits per heavy atom. The first kappa shape index (κ1) is 19.2. The van der Waals surface area contributed by atoms with Gasteiger partial charge in [-0.3, -0.25) is 4.79 Å². The molecule has 5 nitrogen and oxygen atoms in total. The molecule has 1 fully saturated rings. The largest absolute Gasteiger partial charge is 0.480 e. The standard InChI is InChI=1S/C16H18Cl3NO4/c1-10-3-2-4-20(7-10)15(21)8-24-16(22)9-23-14-6-12(18)11(17)5-13(14)19/h5-6,10H,2-4,7-9H2,1H3. The lowest BCUT2D eigenvalue weighted by Gasteiger charge is -2.30. The van der Waals surface area contributed by atoms with Crippen LogP contribution in [0.25, 0.3) is 0 Å². The predicted octanol–water partition coefficient (Wildman–Crippen LogP) is 3.83. The maximum atomic E-state index is 12.0. The first-order valence-electron chi connectivity index (χ1n) is 7.57. The molecule has 1 amide bonds. The van der Waals surface area contributed by atoms with Crippen molar-refractivity contribution in [3.05, 3.63) is 27.2 Å². The van der Waals surface area contributed by atoms with Crippen LogP contribution >= 0.6 is 34.8 Å². The average molecular weight is 395 g/mol. The van der Waals surface area contributed by atoms with Crippen LogP contribution in [0.3, 0.4) is 0 Å². The minimum atomic E-state index is -0.657. The van der Waals surface area contributed by atoms with Gasteiger partial charge in [-0.1, -0.05) is 41.7 Å². The second-order valence-corrected chi connectivity index (χ2v) is 6.95. The molecular formula is C16H18Cl3NO4. The van der Waals surface area contributed by atoms with Crippen molar-refractivity contribution in [3.63, 3.8) is 0 Å². The summed E-state index contributed by atoms with van der Waals surface area (Å²) in [5.41, 5.74) is 0. The average Bonchev–Trinajstić information content (AvgIpc) is 2.54. The molecule has 1 atom stereocenters. The van der Waals surface area contributed by atoms with Gasteiger partial charge in [-0.2, -0.15) is 0 Å². The summed E-state index contributed by atoms with van der Waals surface area (Å²) >= 11 is 17.6. The number of nitrogens with zero attached hydrogens (tertiary/aromatic N) is 1. The van der Waals surface area contributed by atoms with Gasteiger partial charge in [0.25, 0.3) is 5.91 Å². The maximum Gasteiger partial charge on any atom is 0.344 e. The molecule has 1 aliphatic rings. The van der Waals surface area contributed by atoms with Gasteiger partial charge < -0.3 is 14.4 Å².